The summed E-state index contributed by atoms with van der Waals surface area (Å²) in [6.45, 7) is 12.9. The molecule has 2 N–H and O–H groups in total. The topological polar surface area (TPSA) is 29.3 Å². The van der Waals surface area contributed by atoms with Gasteiger partial charge < -0.3 is 10.6 Å². The molecular weight excluding hydrogens is 208 g/mol. The first-order valence-corrected chi connectivity index (χ1v) is 7.16. The van der Waals surface area contributed by atoms with E-state index in [9.17, 15) is 0 Å². The van der Waals surface area contributed by atoms with E-state index in [2.05, 4.69) is 32.3 Å². The van der Waals surface area contributed by atoms with Crippen LogP contribution in [0.2, 0.25) is 0 Å². The molecule has 17 heavy (non-hydrogen) atoms. The molecule has 0 aromatic rings. The number of likely N-dealkylation sites (tertiary alicyclic amines) is 1. The van der Waals surface area contributed by atoms with E-state index in [4.69, 9.17) is 5.73 Å². The molecule has 0 saturated carbocycles. The van der Waals surface area contributed by atoms with Gasteiger partial charge in [-0.15, -0.1) is 0 Å². The van der Waals surface area contributed by atoms with Crippen molar-refractivity contribution in [3.8, 4) is 0 Å². The van der Waals surface area contributed by atoms with Crippen molar-refractivity contribution in [3.05, 3.63) is 12.3 Å². The van der Waals surface area contributed by atoms with Gasteiger partial charge in [0, 0.05) is 24.3 Å². The second kappa shape index (κ2) is 6.44. The number of unbranched alkanes of at least 4 members (excludes halogenated alkanes) is 2. The highest BCUT2D eigenvalue weighted by molar-refractivity contribution is 4.96. The highest BCUT2D eigenvalue weighted by Crippen LogP contribution is 2.31. The van der Waals surface area contributed by atoms with Crippen molar-refractivity contribution in [1.29, 1.82) is 0 Å². The summed E-state index contributed by atoms with van der Waals surface area (Å²) in [5.74, 6) is 0.690. The Morgan fingerprint density at radius 3 is 2.41 bits per heavy atom. The van der Waals surface area contributed by atoms with E-state index >= 15 is 0 Å². The summed E-state index contributed by atoms with van der Waals surface area (Å²) >= 11 is 0. The number of nitrogens with two attached hydrogens (primary N) is 1. The van der Waals surface area contributed by atoms with Gasteiger partial charge in [-0.3, -0.25) is 0 Å². The summed E-state index contributed by atoms with van der Waals surface area (Å²) in [4.78, 5) is 2.39. The molecule has 1 saturated heterocycles. The molecule has 0 aromatic heterocycles. The fourth-order valence-corrected chi connectivity index (χ4v) is 2.88. The van der Waals surface area contributed by atoms with Gasteiger partial charge in [0.1, 0.15) is 0 Å². The number of rotatable bonds is 6. The van der Waals surface area contributed by atoms with E-state index in [1.807, 2.05) is 0 Å². The van der Waals surface area contributed by atoms with Gasteiger partial charge >= 0.3 is 0 Å². The van der Waals surface area contributed by atoms with Crippen molar-refractivity contribution in [2.45, 2.75) is 64.8 Å². The second-order valence-corrected chi connectivity index (χ2v) is 5.96. The molecular formula is C15H30N2. The third-order valence-electron chi connectivity index (χ3n) is 4.29. The molecule has 2 heteroatoms. The van der Waals surface area contributed by atoms with Crippen LogP contribution < -0.4 is 5.73 Å². The lowest BCUT2D eigenvalue weighted by Crippen LogP contribution is -2.48. The minimum Gasteiger partial charge on any atom is -0.376 e. The van der Waals surface area contributed by atoms with Crippen LogP contribution in [0.25, 0.3) is 0 Å². The minimum absolute atomic E-state index is 0.0380. The van der Waals surface area contributed by atoms with E-state index < -0.39 is 0 Å². The first kappa shape index (κ1) is 14.6. The SMILES string of the molecule is C=C(C)N1CCC(C(C)(N)CCCCC)CC1. The molecule has 1 rings (SSSR count). The van der Waals surface area contributed by atoms with Gasteiger partial charge in [-0.1, -0.05) is 32.8 Å². The van der Waals surface area contributed by atoms with Crippen LogP contribution in [-0.4, -0.2) is 23.5 Å². The summed E-state index contributed by atoms with van der Waals surface area (Å²) in [5.41, 5.74) is 7.75. The number of hydrogen-bond donors (Lipinski definition) is 1. The quantitative estimate of drug-likeness (QED) is 0.717. The van der Waals surface area contributed by atoms with Crippen LogP contribution >= 0.6 is 0 Å². The Hall–Kier alpha value is -0.500. The van der Waals surface area contributed by atoms with Crippen molar-refractivity contribution in [1.82, 2.24) is 4.90 Å². The van der Waals surface area contributed by atoms with E-state index in [0.717, 1.165) is 13.1 Å². The zero-order valence-corrected chi connectivity index (χ0v) is 12.0. The lowest BCUT2D eigenvalue weighted by Gasteiger charge is -2.41. The predicted molar refractivity (Wildman–Crippen MR) is 75.8 cm³/mol. The Morgan fingerprint density at radius 2 is 1.94 bits per heavy atom. The largest absolute Gasteiger partial charge is 0.376 e. The summed E-state index contributed by atoms with van der Waals surface area (Å²) in [7, 11) is 0. The molecule has 2 nitrogen and oxygen atoms in total. The predicted octanol–water partition coefficient (Wildman–Crippen LogP) is 3.53. The number of nitrogens with zero attached hydrogens (tertiary/aromatic N) is 1. The maximum Gasteiger partial charge on any atom is 0.0178 e. The van der Waals surface area contributed by atoms with Crippen LogP contribution in [0.5, 0.6) is 0 Å². The molecule has 0 spiro atoms. The van der Waals surface area contributed by atoms with Gasteiger partial charge in [0.15, 0.2) is 0 Å². The van der Waals surface area contributed by atoms with Crippen molar-refractivity contribution in [2.75, 3.05) is 13.1 Å². The van der Waals surface area contributed by atoms with Crippen LogP contribution in [-0.2, 0) is 0 Å². The Bertz CT molecular complexity index is 237. The number of allylic oxidation sites excluding steroid dienone is 1. The molecule has 0 radical (unpaired) electrons. The van der Waals surface area contributed by atoms with Gasteiger partial charge in [0.2, 0.25) is 0 Å². The third-order valence-corrected chi connectivity index (χ3v) is 4.29. The first-order valence-electron chi connectivity index (χ1n) is 7.16. The summed E-state index contributed by atoms with van der Waals surface area (Å²) in [6, 6.07) is 0. The van der Waals surface area contributed by atoms with Gasteiger partial charge in [0.05, 0.1) is 0 Å². The molecule has 1 aliphatic rings. The van der Waals surface area contributed by atoms with E-state index in [-0.39, 0.29) is 5.54 Å². The lowest BCUT2D eigenvalue weighted by atomic mass is 9.76. The minimum atomic E-state index is 0.0380. The summed E-state index contributed by atoms with van der Waals surface area (Å²) in [5, 5.41) is 0. The average Bonchev–Trinajstić information content (AvgIpc) is 2.29. The van der Waals surface area contributed by atoms with E-state index in [0.29, 0.717) is 5.92 Å². The van der Waals surface area contributed by atoms with Gasteiger partial charge in [-0.2, -0.15) is 0 Å². The first-order chi connectivity index (χ1) is 7.97. The fourth-order valence-electron chi connectivity index (χ4n) is 2.88. The normalized spacial score (nSPS) is 21.3. The van der Waals surface area contributed by atoms with Crippen LogP contribution in [0, 0.1) is 5.92 Å². The Morgan fingerprint density at radius 1 is 1.35 bits per heavy atom. The Kier molecular flexibility index (Phi) is 5.51. The van der Waals surface area contributed by atoms with Gasteiger partial charge in [-0.25, -0.2) is 0 Å². The van der Waals surface area contributed by atoms with Crippen molar-refractivity contribution in [2.24, 2.45) is 11.7 Å². The highest BCUT2D eigenvalue weighted by Gasteiger charge is 2.32. The lowest BCUT2D eigenvalue weighted by molar-refractivity contribution is 0.153. The van der Waals surface area contributed by atoms with Crippen LogP contribution in [0.4, 0.5) is 0 Å². The second-order valence-electron chi connectivity index (χ2n) is 5.96. The van der Waals surface area contributed by atoms with E-state index in [1.54, 1.807) is 0 Å². The zero-order chi connectivity index (χ0) is 12.9. The zero-order valence-electron chi connectivity index (χ0n) is 12.0. The number of piperidine rings is 1. The molecule has 100 valence electrons. The number of hydrogen-bond acceptors (Lipinski definition) is 2. The molecule has 1 atom stereocenters. The van der Waals surface area contributed by atoms with Crippen molar-refractivity contribution in [3.63, 3.8) is 0 Å². The maximum atomic E-state index is 6.51. The van der Waals surface area contributed by atoms with Crippen LogP contribution in [0.3, 0.4) is 0 Å². The van der Waals surface area contributed by atoms with Crippen LogP contribution in [0.1, 0.15) is 59.3 Å². The Labute approximate surface area is 107 Å². The fraction of sp³-hybridized carbons (Fsp3) is 0.867. The molecule has 1 unspecified atom stereocenters. The molecule has 0 amide bonds. The van der Waals surface area contributed by atoms with Crippen molar-refractivity contribution >= 4 is 0 Å². The molecule has 0 bridgehead atoms. The molecule has 0 aromatic carbocycles. The smallest absolute Gasteiger partial charge is 0.0178 e. The Balaban J connectivity index is 2.38. The molecule has 1 aliphatic heterocycles. The summed E-state index contributed by atoms with van der Waals surface area (Å²) < 4.78 is 0. The molecule has 1 heterocycles. The molecule has 1 fully saturated rings. The third kappa shape index (κ3) is 4.34. The summed E-state index contributed by atoms with van der Waals surface area (Å²) in [6.07, 6.45) is 7.52. The highest BCUT2D eigenvalue weighted by atomic mass is 15.1. The van der Waals surface area contributed by atoms with Crippen LogP contribution in [0.15, 0.2) is 12.3 Å². The standard InChI is InChI=1S/C15H30N2/c1-5-6-7-10-15(4,16)14-8-11-17(12-9-14)13(2)3/h14H,2,5-12,16H2,1,3-4H3. The monoisotopic (exact) mass is 238 g/mol. The molecule has 0 aliphatic carbocycles. The van der Waals surface area contributed by atoms with Gasteiger partial charge in [-0.05, 0) is 39.0 Å². The average molecular weight is 238 g/mol. The van der Waals surface area contributed by atoms with Gasteiger partial charge in [0.25, 0.3) is 0 Å². The van der Waals surface area contributed by atoms with Crippen molar-refractivity contribution < 1.29 is 0 Å². The van der Waals surface area contributed by atoms with E-state index in [1.165, 1.54) is 44.2 Å². The maximum absolute atomic E-state index is 6.51.